The first-order valence-electron chi connectivity index (χ1n) is 12.1. The van der Waals surface area contributed by atoms with Crippen LogP contribution in [0.25, 0.3) is 17.0 Å². The molecule has 34 heavy (non-hydrogen) atoms. The number of nitrogens with zero attached hydrogens (tertiary/aromatic N) is 2. The molecule has 180 valence electrons. The number of halogens is 1. The predicted molar refractivity (Wildman–Crippen MR) is 128 cm³/mol. The zero-order chi connectivity index (χ0) is 24.9. The molecule has 0 spiro atoms. The van der Waals surface area contributed by atoms with E-state index in [9.17, 15) is 20.1 Å². The lowest BCUT2D eigenvalue weighted by atomic mass is 9.90. The van der Waals surface area contributed by atoms with Gasteiger partial charge in [0.15, 0.2) is 16.5 Å². The van der Waals surface area contributed by atoms with E-state index >= 15 is 0 Å². The summed E-state index contributed by atoms with van der Waals surface area (Å²) in [6.45, 7) is 0.373. The quantitative estimate of drug-likeness (QED) is 0.504. The number of likely N-dealkylation sites (tertiary alicyclic amines) is 1. The summed E-state index contributed by atoms with van der Waals surface area (Å²) >= 11 is 0. The molecule has 1 aromatic heterocycles. The van der Waals surface area contributed by atoms with Crippen LogP contribution in [0.15, 0.2) is 33.8 Å². The van der Waals surface area contributed by atoms with E-state index in [4.69, 9.17) is 12.0 Å². The lowest BCUT2D eigenvalue weighted by Crippen LogP contribution is -2.35. The molecule has 1 saturated heterocycles. The minimum absolute atomic E-state index is 0. The Morgan fingerprint density at radius 3 is 2.74 bits per heavy atom. The fourth-order valence-corrected chi connectivity index (χ4v) is 4.41. The highest BCUT2D eigenvalue weighted by atomic mass is 35.5. The van der Waals surface area contributed by atoms with Gasteiger partial charge in [-0.1, -0.05) is 12.1 Å². The van der Waals surface area contributed by atoms with Crippen LogP contribution in [0.2, 0.25) is 0 Å². The molecule has 2 aliphatic heterocycles. The van der Waals surface area contributed by atoms with Gasteiger partial charge >= 0.3 is 0 Å². The summed E-state index contributed by atoms with van der Waals surface area (Å²) in [5.41, 5.74) is 0.678. The van der Waals surface area contributed by atoms with Crippen molar-refractivity contribution < 1.29 is 32.1 Å². The first kappa shape index (κ1) is 21.3. The lowest BCUT2D eigenvalue weighted by Gasteiger charge is -2.31. The van der Waals surface area contributed by atoms with Gasteiger partial charge in [0.05, 0.1) is 10.9 Å². The van der Waals surface area contributed by atoms with Crippen LogP contribution in [0.1, 0.15) is 46.5 Å². The molecule has 1 fully saturated rings. The van der Waals surface area contributed by atoms with Crippen LogP contribution in [0.4, 0.5) is 0 Å². The summed E-state index contributed by atoms with van der Waals surface area (Å²) < 4.78 is 23.4. The molecule has 2 aromatic carbocycles. The zero-order valence-corrected chi connectivity index (χ0v) is 19.4. The van der Waals surface area contributed by atoms with E-state index < -0.39 is 18.0 Å². The average Bonchev–Trinajstić information content (AvgIpc) is 3.06. The second-order valence-electron chi connectivity index (χ2n) is 8.45. The maximum atomic E-state index is 12.3. The minimum Gasteiger partial charge on any atom is -0.508 e. The van der Waals surface area contributed by atoms with Crippen LogP contribution in [-0.2, 0) is 11.3 Å². The van der Waals surface area contributed by atoms with Crippen molar-refractivity contribution in [2.24, 2.45) is 11.1 Å². The normalized spacial score (nSPS) is 17.1. The summed E-state index contributed by atoms with van der Waals surface area (Å²) in [5, 5.41) is 36.0. The van der Waals surface area contributed by atoms with Gasteiger partial charge in [0.1, 0.15) is 28.6 Å². The summed E-state index contributed by atoms with van der Waals surface area (Å²) in [6, 6.07) is 5.77. The van der Waals surface area contributed by atoms with Crippen LogP contribution >= 0.6 is 12.4 Å². The number of furan rings is 1. The van der Waals surface area contributed by atoms with Crippen molar-refractivity contribution >= 4 is 35.2 Å². The number of Topliss-reactive ketones (excluding diaryl/α,β-unsaturated/α-hetero) is 1. The number of fused-ring (bicyclic) bond motifs is 4. The lowest BCUT2D eigenvalue weighted by molar-refractivity contribution is -0.124. The molecule has 3 aromatic rings. The zero-order valence-electron chi connectivity index (χ0n) is 20.6. The van der Waals surface area contributed by atoms with Gasteiger partial charge < -0.3 is 24.6 Å². The van der Waals surface area contributed by atoms with Crippen LogP contribution in [0, 0.1) is 5.92 Å². The number of phenols is 3. The van der Waals surface area contributed by atoms with Crippen molar-refractivity contribution in [1.82, 2.24) is 4.90 Å². The Bertz CT molecular complexity index is 1450. The molecule has 0 saturated carbocycles. The van der Waals surface area contributed by atoms with E-state index in [1.807, 2.05) is 6.92 Å². The van der Waals surface area contributed by atoms with Crippen LogP contribution in [-0.4, -0.2) is 39.1 Å². The molecule has 0 radical (unpaired) electrons. The molecule has 8 nitrogen and oxygen atoms in total. The smallest absolute Gasteiger partial charge is 0.169 e. The van der Waals surface area contributed by atoms with Gasteiger partial charge in [-0.25, -0.2) is 0 Å². The third kappa shape index (κ3) is 4.31. The average molecular weight is 489 g/mol. The van der Waals surface area contributed by atoms with E-state index in [1.54, 1.807) is 12.1 Å². The van der Waals surface area contributed by atoms with Gasteiger partial charge in [-0.2, -0.15) is 0 Å². The maximum absolute atomic E-state index is 12.3. The summed E-state index contributed by atoms with van der Waals surface area (Å²) in [6.07, 6.45) is 3.98. The molecule has 2 aliphatic rings. The van der Waals surface area contributed by atoms with E-state index in [1.165, 1.54) is 23.1 Å². The number of hydrogen-bond acceptors (Lipinski definition) is 8. The third-order valence-corrected chi connectivity index (χ3v) is 6.17. The summed E-state index contributed by atoms with van der Waals surface area (Å²) in [7, 11) is 0. The first-order valence-corrected chi connectivity index (χ1v) is 11.1. The Hall–Kier alpha value is -3.23. The van der Waals surface area contributed by atoms with Crippen molar-refractivity contribution in [3.05, 3.63) is 46.2 Å². The standard InChI is InChI=1S/C25H26N2O6.ClH/c1-2-3-18(29)14-6-8-27(9-7-14)13-17-19(30)12-21-23(25(17)31)24-22(32-21)10-15-4-5-16(28)11-20(15)33-26-24;/h4-5,10-12,14,28,30-31H,2-3,6-9,13H2,1H3;1H/i13D2;. The van der Waals surface area contributed by atoms with Gasteiger partial charge in [-0.3, -0.25) is 9.69 Å². The topological polar surface area (TPSA) is 116 Å². The van der Waals surface area contributed by atoms with Crippen molar-refractivity contribution in [3.8, 4) is 23.0 Å². The van der Waals surface area contributed by atoms with E-state index in [0.29, 0.717) is 43.7 Å². The number of aromatic hydroxyl groups is 3. The third-order valence-electron chi connectivity index (χ3n) is 6.17. The highest BCUT2D eigenvalue weighted by molar-refractivity contribution is 5.87. The number of phenolic OH excluding ortho intramolecular Hbond substituents is 3. The Morgan fingerprint density at radius 2 is 2.00 bits per heavy atom. The molecular weight excluding hydrogens is 460 g/mol. The predicted octanol–water partition coefficient (Wildman–Crippen LogP) is 3.31. The molecule has 9 heteroatoms. The number of carbonyl (C=O) groups excluding carboxylic acids is 1. The Balaban J connectivity index is 0.00000304. The van der Waals surface area contributed by atoms with E-state index in [2.05, 4.69) is 5.16 Å². The fourth-order valence-electron chi connectivity index (χ4n) is 4.41. The number of carbonyl (C=O) groups is 1. The number of ketones is 1. The second-order valence-corrected chi connectivity index (χ2v) is 8.45. The molecule has 3 heterocycles. The van der Waals surface area contributed by atoms with Gasteiger partial charge in [-0.05, 0) is 50.6 Å². The molecule has 5 rings (SSSR count). The Kier molecular flexibility index (Phi) is 5.99. The van der Waals surface area contributed by atoms with Crippen molar-refractivity contribution in [1.29, 1.82) is 0 Å². The van der Waals surface area contributed by atoms with Gasteiger partial charge in [0.2, 0.25) is 0 Å². The van der Waals surface area contributed by atoms with Crippen LogP contribution in [0.5, 0.6) is 23.0 Å². The number of piperidine rings is 1. The van der Waals surface area contributed by atoms with Gasteiger partial charge in [-0.15, -0.1) is 12.4 Å². The Morgan fingerprint density at radius 1 is 1.24 bits per heavy atom. The molecule has 0 bridgehead atoms. The van der Waals surface area contributed by atoms with Gasteiger partial charge in [0, 0.05) is 39.3 Å². The first-order chi connectivity index (χ1) is 16.7. The van der Waals surface area contributed by atoms with E-state index in [-0.39, 0.29) is 57.2 Å². The molecule has 3 N–H and O–H groups in total. The highest BCUT2D eigenvalue weighted by Gasteiger charge is 2.27. The SMILES string of the molecule is Cl.[2H]C([2H])(c1c(O)cc2oc3c(c2c1O)=NOc1cc(O)ccc1C=3)N1CCC(C(=O)CCC)CC1. The molecule has 0 atom stereocenters. The van der Waals surface area contributed by atoms with Gasteiger partial charge in [0.25, 0.3) is 0 Å². The number of hydrogen-bond donors (Lipinski definition) is 3. The minimum atomic E-state index is -2.21. The summed E-state index contributed by atoms with van der Waals surface area (Å²) in [5.74, 6) is -0.539. The summed E-state index contributed by atoms with van der Waals surface area (Å²) in [4.78, 5) is 19.3. The maximum Gasteiger partial charge on any atom is 0.169 e. The second kappa shape index (κ2) is 9.56. The molecule has 0 amide bonds. The van der Waals surface area contributed by atoms with Crippen molar-refractivity contribution in [3.63, 3.8) is 0 Å². The molecule has 0 aliphatic carbocycles. The van der Waals surface area contributed by atoms with Crippen molar-refractivity contribution in [2.45, 2.75) is 39.1 Å². The van der Waals surface area contributed by atoms with E-state index in [0.717, 1.165) is 6.42 Å². The largest absolute Gasteiger partial charge is 0.508 e. The molecule has 0 unspecified atom stereocenters. The monoisotopic (exact) mass is 488 g/mol. The highest BCUT2D eigenvalue weighted by Crippen LogP contribution is 2.36. The molecular formula is C25H27ClN2O6. The number of rotatable bonds is 5. The van der Waals surface area contributed by atoms with Crippen molar-refractivity contribution in [2.75, 3.05) is 13.1 Å². The Labute approximate surface area is 205 Å². The van der Waals surface area contributed by atoms with Crippen LogP contribution < -0.4 is 15.6 Å². The fraction of sp³-hybridized carbons (Fsp3) is 0.360. The number of benzene rings is 2. The van der Waals surface area contributed by atoms with Crippen LogP contribution in [0.3, 0.4) is 0 Å².